The quantitative estimate of drug-likeness (QED) is 0.326. The molecule has 0 amide bonds. The van der Waals surface area contributed by atoms with Crippen molar-refractivity contribution in [1.82, 2.24) is 24.6 Å². The predicted octanol–water partition coefficient (Wildman–Crippen LogP) is 4.16. The standard InChI is InChI=1S/C29H33N7O3/c1-5-38-13-11-20-14-21-15-30-29(33-24-8-6-23(7-9-24)32-25-10-12-35(4)18-25)34-27(21)36(28(20)37)17-22-16-31-39-26(22)19(2)3/h6-9,14-16,19,25,32H,5,10,12,17-18H2,1-4H3,(H,30,33,34). The van der Waals surface area contributed by atoms with Crippen LogP contribution < -0.4 is 16.2 Å². The van der Waals surface area contributed by atoms with Crippen molar-refractivity contribution >= 4 is 28.4 Å². The smallest absolute Gasteiger partial charge is 0.268 e. The molecule has 0 aliphatic carbocycles. The van der Waals surface area contributed by atoms with E-state index in [9.17, 15) is 4.79 Å². The molecule has 10 heteroatoms. The summed E-state index contributed by atoms with van der Waals surface area (Å²) in [6.45, 7) is 8.70. The fourth-order valence-electron chi connectivity index (χ4n) is 4.72. The topological polar surface area (TPSA) is 110 Å². The van der Waals surface area contributed by atoms with Gasteiger partial charge >= 0.3 is 0 Å². The summed E-state index contributed by atoms with van der Waals surface area (Å²) >= 11 is 0. The predicted molar refractivity (Wildman–Crippen MR) is 151 cm³/mol. The fourth-order valence-corrected chi connectivity index (χ4v) is 4.72. The zero-order valence-corrected chi connectivity index (χ0v) is 22.7. The third-order valence-corrected chi connectivity index (χ3v) is 6.66. The maximum Gasteiger partial charge on any atom is 0.268 e. The lowest BCUT2D eigenvalue weighted by Gasteiger charge is -2.15. The molecule has 1 aliphatic heterocycles. The van der Waals surface area contributed by atoms with Crippen molar-refractivity contribution < 1.29 is 9.26 Å². The van der Waals surface area contributed by atoms with Crippen LogP contribution in [0, 0.1) is 12.0 Å². The van der Waals surface area contributed by atoms with E-state index in [1.54, 1.807) is 23.0 Å². The highest BCUT2D eigenvalue weighted by Gasteiger charge is 2.19. The highest BCUT2D eigenvalue weighted by atomic mass is 16.5. The van der Waals surface area contributed by atoms with Gasteiger partial charge < -0.3 is 24.8 Å². The van der Waals surface area contributed by atoms with Crippen LogP contribution >= 0.6 is 0 Å². The Hall–Kier alpha value is -4.36. The third kappa shape index (κ3) is 6.04. The molecule has 10 nitrogen and oxygen atoms in total. The zero-order valence-electron chi connectivity index (χ0n) is 22.7. The van der Waals surface area contributed by atoms with E-state index in [1.807, 2.05) is 45.0 Å². The van der Waals surface area contributed by atoms with Crippen LogP contribution in [0.25, 0.3) is 11.0 Å². The molecule has 1 atom stereocenters. The summed E-state index contributed by atoms with van der Waals surface area (Å²) in [5.41, 5.74) is 3.25. The summed E-state index contributed by atoms with van der Waals surface area (Å²) in [6.07, 6.45) is 7.06. The van der Waals surface area contributed by atoms with E-state index in [0.717, 1.165) is 42.2 Å². The van der Waals surface area contributed by atoms with Crippen LogP contribution in [-0.2, 0) is 11.3 Å². The summed E-state index contributed by atoms with van der Waals surface area (Å²) in [4.78, 5) is 25.1. The van der Waals surface area contributed by atoms with Gasteiger partial charge in [0.15, 0.2) is 0 Å². The Morgan fingerprint density at radius 1 is 1.21 bits per heavy atom. The Morgan fingerprint density at radius 2 is 2.00 bits per heavy atom. The Kier molecular flexibility index (Phi) is 7.79. The minimum atomic E-state index is -0.275. The lowest BCUT2D eigenvalue weighted by atomic mass is 10.1. The van der Waals surface area contributed by atoms with Crippen LogP contribution in [0.1, 0.15) is 50.0 Å². The van der Waals surface area contributed by atoms with Crippen LogP contribution in [0.2, 0.25) is 0 Å². The van der Waals surface area contributed by atoms with Gasteiger partial charge in [-0.2, -0.15) is 4.98 Å². The molecule has 39 heavy (non-hydrogen) atoms. The van der Waals surface area contributed by atoms with E-state index < -0.39 is 0 Å². The number of hydrogen-bond acceptors (Lipinski definition) is 9. The average Bonchev–Trinajstić information content (AvgIpc) is 3.56. The lowest BCUT2D eigenvalue weighted by molar-refractivity contribution is 0.299. The molecule has 0 spiro atoms. The highest BCUT2D eigenvalue weighted by Crippen LogP contribution is 2.23. The molecule has 2 N–H and O–H groups in total. The summed E-state index contributed by atoms with van der Waals surface area (Å²) in [6, 6.07) is 10.2. The maximum atomic E-state index is 13.5. The monoisotopic (exact) mass is 527 g/mol. The first kappa shape index (κ1) is 26.3. The Balaban J connectivity index is 1.45. The summed E-state index contributed by atoms with van der Waals surface area (Å²) in [5, 5.41) is 11.5. The van der Waals surface area contributed by atoms with Crippen molar-refractivity contribution in [2.24, 2.45) is 0 Å². The SMILES string of the molecule is CCOC#Cc1cc2cnc(Nc3ccc(NC4CCN(C)C4)cc3)nc2n(Cc2cnoc2C(C)C)c1=O. The highest BCUT2D eigenvalue weighted by molar-refractivity contribution is 5.77. The number of nitrogens with one attached hydrogen (secondary N) is 2. The molecule has 1 aliphatic rings. The molecule has 5 rings (SSSR count). The maximum absolute atomic E-state index is 13.5. The van der Waals surface area contributed by atoms with E-state index in [1.165, 1.54) is 0 Å². The Labute approximate surface area is 227 Å². The molecule has 1 saturated heterocycles. The van der Waals surface area contributed by atoms with Gasteiger partial charge in [0, 0.05) is 47.0 Å². The van der Waals surface area contributed by atoms with Gasteiger partial charge in [0.1, 0.15) is 17.5 Å². The molecule has 0 bridgehead atoms. The van der Waals surface area contributed by atoms with Crippen molar-refractivity contribution in [2.75, 3.05) is 37.4 Å². The summed E-state index contributed by atoms with van der Waals surface area (Å²) in [5.74, 6) is 4.06. The van der Waals surface area contributed by atoms with Crippen LogP contribution in [0.15, 0.2) is 52.0 Å². The molecule has 202 valence electrons. The molecule has 1 aromatic carbocycles. The molecule has 3 aromatic heterocycles. The summed E-state index contributed by atoms with van der Waals surface area (Å²) in [7, 11) is 2.14. The molecule has 4 heterocycles. The van der Waals surface area contributed by atoms with Gasteiger partial charge in [-0.15, -0.1) is 0 Å². The van der Waals surface area contributed by atoms with Crippen LogP contribution in [-0.4, -0.2) is 57.4 Å². The number of nitrogens with zero attached hydrogens (tertiary/aromatic N) is 5. The van der Waals surface area contributed by atoms with E-state index in [4.69, 9.17) is 14.2 Å². The van der Waals surface area contributed by atoms with Gasteiger partial charge in [-0.1, -0.05) is 19.0 Å². The van der Waals surface area contributed by atoms with Gasteiger partial charge in [0.25, 0.3) is 5.56 Å². The molecule has 1 fully saturated rings. The first-order valence-corrected chi connectivity index (χ1v) is 13.2. The second-order valence-corrected chi connectivity index (χ2v) is 10.0. The fraction of sp³-hybridized carbons (Fsp3) is 0.379. The van der Waals surface area contributed by atoms with Crippen molar-refractivity contribution in [3.63, 3.8) is 0 Å². The van der Waals surface area contributed by atoms with Crippen molar-refractivity contribution in [1.29, 1.82) is 0 Å². The number of rotatable bonds is 8. The van der Waals surface area contributed by atoms with Crippen molar-refractivity contribution in [3.05, 3.63) is 70.0 Å². The van der Waals surface area contributed by atoms with Gasteiger partial charge in [0.05, 0.1) is 24.9 Å². The van der Waals surface area contributed by atoms with E-state index >= 15 is 0 Å². The number of ether oxygens (including phenoxy) is 1. The molecule has 1 unspecified atom stereocenters. The largest absolute Gasteiger partial charge is 0.447 e. The second kappa shape index (κ2) is 11.6. The normalized spacial score (nSPS) is 15.4. The third-order valence-electron chi connectivity index (χ3n) is 6.66. The van der Waals surface area contributed by atoms with Gasteiger partial charge in [0.2, 0.25) is 5.95 Å². The number of aromatic nitrogens is 4. The Morgan fingerprint density at radius 3 is 2.72 bits per heavy atom. The first-order chi connectivity index (χ1) is 18.9. The number of fused-ring (bicyclic) bond motifs is 1. The average molecular weight is 528 g/mol. The Bertz CT molecular complexity index is 1560. The minimum absolute atomic E-state index is 0.115. The number of likely N-dealkylation sites (N-methyl/N-ethyl adjacent to an activating group) is 1. The van der Waals surface area contributed by atoms with Crippen LogP contribution in [0.5, 0.6) is 0 Å². The number of likely N-dealkylation sites (tertiary alicyclic amines) is 1. The molecular formula is C29H33N7O3. The number of pyridine rings is 1. The van der Waals surface area contributed by atoms with Crippen molar-refractivity contribution in [3.8, 4) is 12.0 Å². The number of anilines is 3. The molecule has 0 radical (unpaired) electrons. The molecular weight excluding hydrogens is 494 g/mol. The van der Waals surface area contributed by atoms with E-state index in [2.05, 4.69) is 44.7 Å². The van der Waals surface area contributed by atoms with Gasteiger partial charge in [-0.3, -0.25) is 9.36 Å². The van der Waals surface area contributed by atoms with E-state index in [-0.39, 0.29) is 18.0 Å². The van der Waals surface area contributed by atoms with E-state index in [0.29, 0.717) is 35.2 Å². The summed E-state index contributed by atoms with van der Waals surface area (Å²) < 4.78 is 12.2. The van der Waals surface area contributed by atoms with Crippen molar-refractivity contribution in [2.45, 2.75) is 45.7 Å². The van der Waals surface area contributed by atoms with Crippen LogP contribution in [0.4, 0.5) is 17.3 Å². The second-order valence-electron chi connectivity index (χ2n) is 10.0. The lowest BCUT2D eigenvalue weighted by Crippen LogP contribution is -2.25. The first-order valence-electron chi connectivity index (χ1n) is 13.2. The van der Waals surface area contributed by atoms with Crippen LogP contribution in [0.3, 0.4) is 0 Å². The molecule has 4 aromatic rings. The number of hydrogen-bond donors (Lipinski definition) is 2. The molecule has 0 saturated carbocycles. The van der Waals surface area contributed by atoms with Gasteiger partial charge in [-0.25, -0.2) is 4.98 Å². The minimum Gasteiger partial charge on any atom is -0.447 e. The zero-order chi connectivity index (χ0) is 27.4. The van der Waals surface area contributed by atoms with Gasteiger partial charge in [-0.05, 0) is 63.2 Å². The number of benzene rings is 1.